The van der Waals surface area contributed by atoms with Crippen LogP contribution in [0.4, 0.5) is 10.3 Å². The van der Waals surface area contributed by atoms with Crippen LogP contribution >= 0.6 is 57.2 Å². The van der Waals surface area contributed by atoms with Crippen molar-refractivity contribution in [1.82, 2.24) is 9.97 Å². The van der Waals surface area contributed by atoms with Crippen molar-refractivity contribution < 1.29 is 9.59 Å². The Bertz CT molecular complexity index is 1400. The zero-order valence-corrected chi connectivity index (χ0v) is 21.6. The third-order valence-electron chi connectivity index (χ3n) is 4.78. The molecule has 174 valence electrons. The molecule has 5 aromatic rings. The maximum Gasteiger partial charge on any atom is 0.267 e. The quantitative estimate of drug-likeness (QED) is 0.223. The number of anilines is 2. The predicted octanol–water partition coefficient (Wildman–Crippen LogP) is 7.81. The minimum absolute atomic E-state index is 0.328. The largest absolute Gasteiger partial charge is 0.297 e. The highest BCUT2D eigenvalue weighted by Gasteiger charge is 2.17. The predicted molar refractivity (Wildman–Crippen MR) is 145 cm³/mol. The van der Waals surface area contributed by atoms with E-state index in [0.717, 1.165) is 33.9 Å². The summed E-state index contributed by atoms with van der Waals surface area (Å²) in [5.74, 6) is -0.657. The van der Waals surface area contributed by atoms with Crippen LogP contribution in [0.15, 0.2) is 71.4 Å². The van der Waals surface area contributed by atoms with Crippen LogP contribution in [0.5, 0.6) is 0 Å². The molecule has 0 aliphatic carbocycles. The minimum atomic E-state index is -0.328. The monoisotopic (exact) mass is 556 g/mol. The van der Waals surface area contributed by atoms with E-state index in [0.29, 0.717) is 30.1 Å². The Labute approximate surface area is 222 Å². The fourth-order valence-electron chi connectivity index (χ4n) is 3.07. The molecule has 3 aromatic heterocycles. The Morgan fingerprint density at radius 2 is 1.03 bits per heavy atom. The van der Waals surface area contributed by atoms with E-state index in [1.54, 1.807) is 36.4 Å². The van der Waals surface area contributed by atoms with Crippen molar-refractivity contribution in [1.29, 1.82) is 0 Å². The number of halogens is 2. The molecule has 2 N–H and O–H groups in total. The van der Waals surface area contributed by atoms with Crippen molar-refractivity contribution in [2.24, 2.45) is 0 Å². The first-order valence-corrected chi connectivity index (χ1v) is 13.4. The molecule has 2 amide bonds. The summed E-state index contributed by atoms with van der Waals surface area (Å²) in [5.41, 5.74) is 3.30. The van der Waals surface area contributed by atoms with E-state index in [4.69, 9.17) is 23.2 Å². The number of carbonyl (C=O) groups is 2. The van der Waals surface area contributed by atoms with Crippen LogP contribution in [-0.2, 0) is 0 Å². The fourth-order valence-corrected chi connectivity index (χ4v) is 5.55. The van der Waals surface area contributed by atoms with Gasteiger partial charge in [-0.2, -0.15) is 0 Å². The number of hydrogen-bond donors (Lipinski definition) is 2. The van der Waals surface area contributed by atoms with Gasteiger partial charge in [0.2, 0.25) is 0 Å². The van der Waals surface area contributed by atoms with E-state index in [1.165, 1.54) is 22.7 Å². The molecule has 0 bridgehead atoms. The molecule has 0 aliphatic heterocycles. The smallest absolute Gasteiger partial charge is 0.267 e. The van der Waals surface area contributed by atoms with Crippen molar-refractivity contribution >= 4 is 79.3 Å². The van der Waals surface area contributed by atoms with Crippen LogP contribution < -0.4 is 10.6 Å². The van der Waals surface area contributed by atoms with Gasteiger partial charge in [-0.3, -0.25) is 20.2 Å². The maximum absolute atomic E-state index is 12.7. The summed E-state index contributed by atoms with van der Waals surface area (Å²) < 4.78 is 0. The molecule has 0 fully saturated rings. The topological polar surface area (TPSA) is 84.0 Å². The van der Waals surface area contributed by atoms with E-state index >= 15 is 0 Å². The summed E-state index contributed by atoms with van der Waals surface area (Å²) in [4.78, 5) is 35.1. The third kappa shape index (κ3) is 5.61. The summed E-state index contributed by atoms with van der Waals surface area (Å²) in [5, 5.41) is 11.5. The van der Waals surface area contributed by atoms with Gasteiger partial charge >= 0.3 is 0 Å². The van der Waals surface area contributed by atoms with Crippen molar-refractivity contribution in [3.05, 3.63) is 91.2 Å². The summed E-state index contributed by atoms with van der Waals surface area (Å²) in [7, 11) is 0. The number of aromatic nitrogens is 2. The first-order valence-electron chi connectivity index (χ1n) is 10.1. The molecule has 0 saturated heterocycles. The van der Waals surface area contributed by atoms with Crippen LogP contribution in [-0.4, -0.2) is 21.8 Å². The van der Waals surface area contributed by atoms with Gasteiger partial charge in [0.25, 0.3) is 11.8 Å². The molecular formula is C24H14Cl2N4O2S3. The van der Waals surface area contributed by atoms with Gasteiger partial charge in [0, 0.05) is 31.9 Å². The summed E-state index contributed by atoms with van der Waals surface area (Å²) >= 11 is 15.6. The first-order chi connectivity index (χ1) is 16.9. The standard InChI is InChI=1S/C24H14Cl2N4O2S3/c25-15-5-1-13(2-6-15)17-11-33-23(27-17)29-21(31)19-9-10-20(35-19)22(32)30-24-28-18(12-34-24)14-3-7-16(26)8-4-14/h1-12H,(H,27,29,31)(H,28,30,32). The second-order valence-corrected chi connectivity index (χ2v) is 10.8. The average Bonchev–Trinajstić information content (AvgIpc) is 3.61. The number of thiophene rings is 1. The van der Waals surface area contributed by atoms with Crippen molar-refractivity contribution in [3.63, 3.8) is 0 Å². The maximum atomic E-state index is 12.7. The van der Waals surface area contributed by atoms with Crippen LogP contribution in [0.1, 0.15) is 19.3 Å². The lowest BCUT2D eigenvalue weighted by Gasteiger charge is -2.00. The molecule has 11 heteroatoms. The zero-order chi connectivity index (χ0) is 24.4. The lowest BCUT2D eigenvalue weighted by atomic mass is 10.2. The molecule has 0 saturated carbocycles. The van der Waals surface area contributed by atoms with Crippen molar-refractivity contribution in [2.75, 3.05) is 10.6 Å². The number of carbonyl (C=O) groups excluding carboxylic acids is 2. The van der Waals surface area contributed by atoms with Crippen LogP contribution in [0, 0.1) is 0 Å². The lowest BCUT2D eigenvalue weighted by Crippen LogP contribution is -2.11. The molecule has 0 spiro atoms. The van der Waals surface area contributed by atoms with Gasteiger partial charge in [-0.1, -0.05) is 47.5 Å². The number of hydrogen-bond acceptors (Lipinski definition) is 7. The highest BCUT2D eigenvalue weighted by molar-refractivity contribution is 7.17. The van der Waals surface area contributed by atoms with Gasteiger partial charge in [-0.05, 0) is 36.4 Å². The molecule has 0 unspecified atom stereocenters. The summed E-state index contributed by atoms with van der Waals surface area (Å²) in [6.07, 6.45) is 0. The van der Waals surface area contributed by atoms with Gasteiger partial charge in [-0.15, -0.1) is 34.0 Å². The Balaban J connectivity index is 1.22. The fraction of sp³-hybridized carbons (Fsp3) is 0. The lowest BCUT2D eigenvalue weighted by molar-refractivity contribution is 0.102. The molecule has 0 atom stereocenters. The Kier molecular flexibility index (Phi) is 6.94. The van der Waals surface area contributed by atoms with E-state index in [9.17, 15) is 9.59 Å². The van der Waals surface area contributed by atoms with Crippen LogP contribution in [0.3, 0.4) is 0 Å². The van der Waals surface area contributed by atoms with E-state index in [1.807, 2.05) is 35.0 Å². The normalized spacial score (nSPS) is 10.8. The molecule has 2 aromatic carbocycles. The molecule has 6 nitrogen and oxygen atoms in total. The Morgan fingerprint density at radius 3 is 1.43 bits per heavy atom. The van der Waals surface area contributed by atoms with Crippen molar-refractivity contribution in [3.8, 4) is 22.5 Å². The minimum Gasteiger partial charge on any atom is -0.297 e. The van der Waals surface area contributed by atoms with Gasteiger partial charge in [0.15, 0.2) is 10.3 Å². The average molecular weight is 558 g/mol. The number of thiazole rings is 2. The number of rotatable bonds is 6. The number of amides is 2. The van der Waals surface area contributed by atoms with Gasteiger partial charge in [0.05, 0.1) is 21.1 Å². The molecule has 35 heavy (non-hydrogen) atoms. The zero-order valence-electron chi connectivity index (χ0n) is 17.6. The number of nitrogens with zero attached hydrogens (tertiary/aromatic N) is 2. The van der Waals surface area contributed by atoms with Crippen molar-refractivity contribution in [2.45, 2.75) is 0 Å². The van der Waals surface area contributed by atoms with E-state index in [2.05, 4.69) is 20.6 Å². The Morgan fingerprint density at radius 1 is 0.629 bits per heavy atom. The summed E-state index contributed by atoms with van der Waals surface area (Å²) in [6.45, 7) is 0. The van der Waals surface area contributed by atoms with Crippen LogP contribution in [0.25, 0.3) is 22.5 Å². The molecule has 5 rings (SSSR count). The molecule has 0 aliphatic rings. The third-order valence-corrected chi connectivity index (χ3v) is 7.89. The van der Waals surface area contributed by atoms with Gasteiger partial charge < -0.3 is 0 Å². The Hall–Kier alpha value is -3.08. The second-order valence-electron chi connectivity index (χ2n) is 7.16. The SMILES string of the molecule is O=C(Nc1nc(-c2ccc(Cl)cc2)cs1)c1ccc(C(=O)Nc2nc(-c3ccc(Cl)cc3)cs2)s1. The van der Waals surface area contributed by atoms with E-state index < -0.39 is 0 Å². The molecular weight excluding hydrogens is 543 g/mol. The summed E-state index contributed by atoms with van der Waals surface area (Å²) in [6, 6.07) is 17.9. The van der Waals surface area contributed by atoms with Gasteiger partial charge in [-0.25, -0.2) is 9.97 Å². The highest BCUT2D eigenvalue weighted by atomic mass is 35.5. The first kappa shape index (κ1) is 23.7. The number of benzene rings is 2. The van der Waals surface area contributed by atoms with Gasteiger partial charge in [0.1, 0.15) is 0 Å². The molecule has 3 heterocycles. The second kappa shape index (κ2) is 10.3. The molecule has 0 radical (unpaired) electrons. The van der Waals surface area contributed by atoms with Crippen LogP contribution in [0.2, 0.25) is 10.0 Å². The van der Waals surface area contributed by atoms with E-state index in [-0.39, 0.29) is 11.8 Å². The highest BCUT2D eigenvalue weighted by Crippen LogP contribution is 2.29. The number of nitrogens with one attached hydrogen (secondary N) is 2.